The Morgan fingerprint density at radius 2 is 1.93 bits per heavy atom. The van der Waals surface area contributed by atoms with Crippen LogP contribution in [0.1, 0.15) is 21.7 Å². The Hall–Kier alpha value is -2.65. The van der Waals surface area contributed by atoms with Crippen LogP contribution in [0.5, 0.6) is 0 Å². The molecule has 0 atom stereocenters. The van der Waals surface area contributed by atoms with Gasteiger partial charge in [0, 0.05) is 17.7 Å². The second-order valence-electron chi connectivity index (χ2n) is 5.42. The SMILES string of the molecule is O=C(NCc1cccc[n+]1[O-])c1nc(-c2ccc(C(F)(F)F)cc2)sc1Cl. The molecule has 0 bridgehead atoms. The van der Waals surface area contributed by atoms with E-state index >= 15 is 0 Å². The predicted octanol–water partition coefficient (Wildman–Crippen LogP) is 4.05. The number of aromatic nitrogens is 2. The molecule has 3 aromatic rings. The fraction of sp³-hybridized carbons (Fsp3) is 0.118. The normalized spacial score (nSPS) is 11.4. The first-order valence-corrected chi connectivity index (χ1v) is 8.74. The number of amides is 1. The Kier molecular flexibility index (Phi) is 5.33. The van der Waals surface area contributed by atoms with Crippen molar-refractivity contribution in [1.29, 1.82) is 0 Å². The van der Waals surface area contributed by atoms with Crippen LogP contribution in [0.3, 0.4) is 0 Å². The molecule has 0 spiro atoms. The maximum absolute atomic E-state index is 12.6. The van der Waals surface area contributed by atoms with Crippen LogP contribution < -0.4 is 10.0 Å². The van der Waals surface area contributed by atoms with Gasteiger partial charge in [-0.05, 0) is 18.2 Å². The van der Waals surface area contributed by atoms with Gasteiger partial charge in [0.2, 0.25) is 5.69 Å². The molecule has 0 unspecified atom stereocenters. The summed E-state index contributed by atoms with van der Waals surface area (Å²) < 4.78 is 38.6. The van der Waals surface area contributed by atoms with Crippen LogP contribution in [-0.4, -0.2) is 10.9 Å². The first kappa shape index (κ1) is 19.1. The number of carbonyl (C=O) groups excluding carboxylic acids is 1. The second kappa shape index (κ2) is 7.53. The molecule has 0 radical (unpaired) electrons. The first-order chi connectivity index (χ1) is 12.8. The molecule has 0 aliphatic heterocycles. The van der Waals surface area contributed by atoms with Gasteiger partial charge in [-0.2, -0.15) is 17.9 Å². The van der Waals surface area contributed by atoms with Crippen molar-refractivity contribution in [2.75, 3.05) is 0 Å². The van der Waals surface area contributed by atoms with Crippen LogP contribution in [0.15, 0.2) is 48.7 Å². The number of thiazole rings is 1. The van der Waals surface area contributed by atoms with Gasteiger partial charge in [-0.1, -0.05) is 23.7 Å². The molecule has 0 aliphatic carbocycles. The average Bonchev–Trinajstić information content (AvgIpc) is 3.02. The zero-order chi connectivity index (χ0) is 19.6. The fourth-order valence-electron chi connectivity index (χ4n) is 2.22. The van der Waals surface area contributed by atoms with Gasteiger partial charge in [0.25, 0.3) is 5.91 Å². The Balaban J connectivity index is 1.76. The van der Waals surface area contributed by atoms with E-state index in [1.807, 2.05) is 0 Å². The summed E-state index contributed by atoms with van der Waals surface area (Å²) >= 11 is 7.03. The molecular formula is C17H11ClF3N3O2S. The molecule has 0 saturated carbocycles. The summed E-state index contributed by atoms with van der Waals surface area (Å²) in [7, 11) is 0. The number of carbonyl (C=O) groups is 1. The Morgan fingerprint density at radius 3 is 2.56 bits per heavy atom. The van der Waals surface area contributed by atoms with E-state index in [1.54, 1.807) is 18.2 Å². The molecule has 140 valence electrons. The number of hydrogen-bond donors (Lipinski definition) is 1. The van der Waals surface area contributed by atoms with Crippen molar-refractivity contribution in [2.24, 2.45) is 0 Å². The summed E-state index contributed by atoms with van der Waals surface area (Å²) in [5.74, 6) is -0.585. The summed E-state index contributed by atoms with van der Waals surface area (Å²) in [6, 6.07) is 9.19. The summed E-state index contributed by atoms with van der Waals surface area (Å²) in [5.41, 5.74) is -0.0832. The third-order valence-electron chi connectivity index (χ3n) is 3.59. The standard InChI is InChI=1S/C17H11ClF3N3O2S/c18-14-13(15(25)22-9-12-3-1-2-8-24(12)26)23-16(27-14)10-4-6-11(7-5-10)17(19,20)21/h1-8H,9H2,(H,22,25). The molecule has 2 aromatic heterocycles. The minimum atomic E-state index is -4.43. The van der Waals surface area contributed by atoms with E-state index in [2.05, 4.69) is 10.3 Å². The molecule has 0 saturated heterocycles. The average molecular weight is 414 g/mol. The van der Waals surface area contributed by atoms with Gasteiger partial charge in [-0.3, -0.25) is 4.79 Å². The van der Waals surface area contributed by atoms with Gasteiger partial charge in [0.15, 0.2) is 11.9 Å². The maximum atomic E-state index is 12.6. The number of rotatable bonds is 4. The third kappa shape index (κ3) is 4.37. The fourth-order valence-corrected chi connectivity index (χ4v) is 3.36. The van der Waals surface area contributed by atoms with Crippen molar-refractivity contribution >= 4 is 28.8 Å². The highest BCUT2D eigenvalue weighted by molar-refractivity contribution is 7.19. The molecular weight excluding hydrogens is 403 g/mol. The van der Waals surface area contributed by atoms with E-state index in [0.29, 0.717) is 21.0 Å². The first-order valence-electron chi connectivity index (χ1n) is 7.55. The Labute approximate surface area is 160 Å². The number of nitrogens with zero attached hydrogens (tertiary/aromatic N) is 2. The lowest BCUT2D eigenvalue weighted by Gasteiger charge is -2.06. The van der Waals surface area contributed by atoms with Gasteiger partial charge in [0.1, 0.15) is 15.9 Å². The van der Waals surface area contributed by atoms with E-state index in [1.165, 1.54) is 18.3 Å². The number of pyridine rings is 1. The van der Waals surface area contributed by atoms with Gasteiger partial charge in [0.05, 0.1) is 5.56 Å². The zero-order valence-corrected chi connectivity index (χ0v) is 15.0. The highest BCUT2D eigenvalue weighted by Gasteiger charge is 2.30. The summed E-state index contributed by atoms with van der Waals surface area (Å²) in [4.78, 5) is 16.4. The van der Waals surface area contributed by atoms with E-state index in [0.717, 1.165) is 23.5 Å². The molecule has 27 heavy (non-hydrogen) atoms. The van der Waals surface area contributed by atoms with E-state index in [4.69, 9.17) is 11.6 Å². The van der Waals surface area contributed by atoms with Crippen molar-refractivity contribution in [3.8, 4) is 10.6 Å². The van der Waals surface area contributed by atoms with Crippen LogP contribution in [0.4, 0.5) is 13.2 Å². The second-order valence-corrected chi connectivity index (χ2v) is 7.02. The zero-order valence-electron chi connectivity index (χ0n) is 13.5. The number of benzene rings is 1. The highest BCUT2D eigenvalue weighted by Crippen LogP contribution is 2.34. The predicted molar refractivity (Wildman–Crippen MR) is 94.1 cm³/mol. The maximum Gasteiger partial charge on any atom is 0.416 e. The summed E-state index contributed by atoms with van der Waals surface area (Å²) in [6.07, 6.45) is -3.13. The molecule has 10 heteroatoms. The number of halogens is 4. The Bertz CT molecular complexity index is 974. The van der Waals surface area contributed by atoms with Gasteiger partial charge in [-0.15, -0.1) is 11.3 Å². The molecule has 1 N–H and O–H groups in total. The van der Waals surface area contributed by atoms with Gasteiger partial charge < -0.3 is 10.5 Å². The molecule has 1 amide bonds. The van der Waals surface area contributed by atoms with Crippen LogP contribution in [-0.2, 0) is 12.7 Å². The van der Waals surface area contributed by atoms with Crippen LogP contribution in [0.25, 0.3) is 10.6 Å². The topological polar surface area (TPSA) is 68.9 Å². The third-order valence-corrected chi connectivity index (χ3v) is 4.90. The minimum absolute atomic E-state index is 0.0212. The van der Waals surface area contributed by atoms with Crippen LogP contribution in [0.2, 0.25) is 4.34 Å². The molecule has 5 nitrogen and oxygen atoms in total. The van der Waals surface area contributed by atoms with Gasteiger partial charge in [-0.25, -0.2) is 4.98 Å². The molecule has 3 rings (SSSR count). The smallest absolute Gasteiger partial charge is 0.416 e. The number of hydrogen-bond acceptors (Lipinski definition) is 4. The van der Waals surface area contributed by atoms with E-state index in [9.17, 15) is 23.2 Å². The number of alkyl halides is 3. The van der Waals surface area contributed by atoms with Crippen molar-refractivity contribution in [3.63, 3.8) is 0 Å². The van der Waals surface area contributed by atoms with Crippen LogP contribution in [0, 0.1) is 5.21 Å². The quantitative estimate of drug-likeness (QED) is 0.518. The van der Waals surface area contributed by atoms with Crippen molar-refractivity contribution in [3.05, 3.63) is 75.2 Å². The lowest BCUT2D eigenvalue weighted by molar-refractivity contribution is -0.614. The largest absolute Gasteiger partial charge is 0.618 e. The lowest BCUT2D eigenvalue weighted by atomic mass is 10.1. The van der Waals surface area contributed by atoms with Gasteiger partial charge >= 0.3 is 6.18 Å². The van der Waals surface area contributed by atoms with Crippen molar-refractivity contribution in [1.82, 2.24) is 10.3 Å². The van der Waals surface area contributed by atoms with Crippen molar-refractivity contribution < 1.29 is 22.7 Å². The molecule has 0 aliphatic rings. The monoisotopic (exact) mass is 413 g/mol. The van der Waals surface area contributed by atoms with E-state index < -0.39 is 17.6 Å². The molecule has 2 heterocycles. The highest BCUT2D eigenvalue weighted by atomic mass is 35.5. The minimum Gasteiger partial charge on any atom is -0.618 e. The van der Waals surface area contributed by atoms with Crippen LogP contribution >= 0.6 is 22.9 Å². The Morgan fingerprint density at radius 1 is 1.22 bits per heavy atom. The lowest BCUT2D eigenvalue weighted by Crippen LogP contribution is -2.35. The molecule has 0 fully saturated rings. The summed E-state index contributed by atoms with van der Waals surface area (Å²) in [5, 5.41) is 14.4. The number of nitrogens with one attached hydrogen (secondary N) is 1. The van der Waals surface area contributed by atoms with E-state index in [-0.39, 0.29) is 16.6 Å². The molecule has 1 aromatic carbocycles. The summed E-state index contributed by atoms with van der Waals surface area (Å²) in [6.45, 7) is -0.0212. The van der Waals surface area contributed by atoms with Crippen molar-refractivity contribution in [2.45, 2.75) is 12.7 Å².